The Bertz CT molecular complexity index is 227. The van der Waals surface area contributed by atoms with Crippen LogP contribution in [-0.4, -0.2) is 37.1 Å². The summed E-state index contributed by atoms with van der Waals surface area (Å²) in [7, 11) is 6.17. The SMILES string of the molecule is CCC/[N+](C)=[N+](C)/C(=C\NC)C(C)C. The zero-order chi connectivity index (χ0) is 11.1. The highest BCUT2D eigenvalue weighted by atomic mass is 15.4. The summed E-state index contributed by atoms with van der Waals surface area (Å²) in [5.41, 5.74) is 1.31. The first kappa shape index (κ1) is 13.1. The molecular weight excluding hydrogens is 174 g/mol. The van der Waals surface area contributed by atoms with Gasteiger partial charge in [0.2, 0.25) is 13.6 Å². The normalized spacial score (nSPS) is 14.4. The van der Waals surface area contributed by atoms with Crippen LogP contribution >= 0.6 is 0 Å². The molecule has 0 aromatic carbocycles. The van der Waals surface area contributed by atoms with Gasteiger partial charge >= 0.3 is 0 Å². The van der Waals surface area contributed by atoms with E-state index in [1.54, 1.807) is 0 Å². The van der Waals surface area contributed by atoms with Crippen LogP contribution in [0, 0.1) is 5.92 Å². The minimum Gasteiger partial charge on any atom is -0.389 e. The van der Waals surface area contributed by atoms with E-state index < -0.39 is 0 Å². The number of nitrogens with one attached hydrogen (secondary N) is 1. The molecule has 0 amide bonds. The average Bonchev–Trinajstić information content (AvgIpc) is 2.13. The molecule has 0 spiro atoms. The predicted molar refractivity (Wildman–Crippen MR) is 59.5 cm³/mol. The molecule has 0 saturated carbocycles. The van der Waals surface area contributed by atoms with Crippen LogP contribution in [0.5, 0.6) is 0 Å². The number of nitrogens with zero attached hydrogens (tertiary/aromatic N) is 2. The minimum absolute atomic E-state index is 0.534. The third kappa shape index (κ3) is 3.90. The van der Waals surface area contributed by atoms with E-state index >= 15 is 0 Å². The van der Waals surface area contributed by atoms with Gasteiger partial charge in [0.25, 0.3) is 5.70 Å². The van der Waals surface area contributed by atoms with Crippen LogP contribution in [0.4, 0.5) is 0 Å². The van der Waals surface area contributed by atoms with E-state index in [1.807, 2.05) is 7.05 Å². The fourth-order valence-electron chi connectivity index (χ4n) is 1.45. The zero-order valence-electron chi connectivity index (χ0n) is 10.5. The predicted octanol–water partition coefficient (Wildman–Crippen LogP) is 1.85. The van der Waals surface area contributed by atoms with Crippen LogP contribution in [0.2, 0.25) is 0 Å². The Morgan fingerprint density at radius 3 is 2.29 bits per heavy atom. The average molecular weight is 199 g/mol. The zero-order valence-corrected chi connectivity index (χ0v) is 10.5. The smallest absolute Gasteiger partial charge is 0.263 e. The molecule has 0 radical (unpaired) electrons. The van der Waals surface area contributed by atoms with E-state index in [1.165, 1.54) is 12.1 Å². The van der Waals surface area contributed by atoms with Crippen molar-refractivity contribution < 1.29 is 9.39 Å². The standard InChI is InChI=1S/C11H25N3/c1-7-8-13(5)14(6)11(9-12-4)10(2)3/h9-10,12H,7-8H2,1-6H3/q+2. The summed E-state index contributed by atoms with van der Waals surface area (Å²) in [4.78, 5) is 0. The Kier molecular flexibility index (Phi) is 6.17. The highest BCUT2D eigenvalue weighted by Crippen LogP contribution is 2.08. The molecule has 0 fully saturated rings. The molecular formula is C11H25N3+2. The Balaban J connectivity index is 4.84. The van der Waals surface area contributed by atoms with E-state index in [0.717, 1.165) is 6.54 Å². The second-order valence-electron chi connectivity index (χ2n) is 3.92. The largest absolute Gasteiger partial charge is 0.389 e. The van der Waals surface area contributed by atoms with Crippen molar-refractivity contribution in [1.29, 1.82) is 0 Å². The van der Waals surface area contributed by atoms with E-state index in [0.29, 0.717) is 5.92 Å². The molecule has 0 aliphatic rings. The first-order valence-electron chi connectivity index (χ1n) is 5.36. The van der Waals surface area contributed by atoms with Gasteiger partial charge in [0.15, 0.2) is 7.05 Å². The van der Waals surface area contributed by atoms with E-state index in [-0.39, 0.29) is 0 Å². The highest BCUT2D eigenvalue weighted by Gasteiger charge is 2.20. The Morgan fingerprint density at radius 2 is 1.93 bits per heavy atom. The fraction of sp³-hybridized carbons (Fsp3) is 0.818. The molecule has 0 bridgehead atoms. The first-order chi connectivity index (χ1) is 6.54. The molecule has 0 saturated heterocycles. The van der Waals surface area contributed by atoms with Gasteiger partial charge in [0.05, 0.1) is 6.20 Å². The van der Waals surface area contributed by atoms with Crippen molar-refractivity contribution in [3.8, 4) is 0 Å². The molecule has 3 heteroatoms. The summed E-state index contributed by atoms with van der Waals surface area (Å²) in [6, 6.07) is 0. The van der Waals surface area contributed by atoms with Gasteiger partial charge in [-0.1, -0.05) is 20.8 Å². The third-order valence-electron chi connectivity index (χ3n) is 2.32. The van der Waals surface area contributed by atoms with Crippen molar-refractivity contribution in [2.75, 3.05) is 27.7 Å². The van der Waals surface area contributed by atoms with Crippen LogP contribution in [0.1, 0.15) is 27.2 Å². The van der Waals surface area contributed by atoms with E-state index in [9.17, 15) is 0 Å². The molecule has 0 aromatic heterocycles. The highest BCUT2D eigenvalue weighted by molar-refractivity contribution is 4.90. The minimum atomic E-state index is 0.534. The maximum Gasteiger partial charge on any atom is 0.263 e. The molecule has 0 aliphatic heterocycles. The van der Waals surface area contributed by atoms with Gasteiger partial charge in [-0.2, -0.15) is 0 Å². The van der Waals surface area contributed by atoms with Gasteiger partial charge in [-0.15, -0.1) is 0 Å². The van der Waals surface area contributed by atoms with Gasteiger partial charge in [0.1, 0.15) is 0 Å². The quantitative estimate of drug-likeness (QED) is 0.528. The Labute approximate surface area is 88.1 Å². The van der Waals surface area contributed by atoms with E-state index in [2.05, 4.69) is 55.8 Å². The van der Waals surface area contributed by atoms with Crippen molar-refractivity contribution in [3.63, 3.8) is 0 Å². The Hall–Kier alpha value is -0.860. The summed E-state index contributed by atoms with van der Waals surface area (Å²) in [6.07, 6.45) is 3.24. The van der Waals surface area contributed by atoms with Crippen LogP contribution in [0.3, 0.4) is 0 Å². The molecule has 3 nitrogen and oxygen atoms in total. The topological polar surface area (TPSA) is 18.0 Å². The number of hydrogen-bond donors (Lipinski definition) is 1. The van der Waals surface area contributed by atoms with Gasteiger partial charge in [-0.3, -0.25) is 0 Å². The lowest BCUT2D eigenvalue weighted by molar-refractivity contribution is -0.984. The third-order valence-corrected chi connectivity index (χ3v) is 2.32. The molecule has 0 heterocycles. The number of azo groups is 4. The van der Waals surface area contributed by atoms with Crippen molar-refractivity contribution in [2.24, 2.45) is 5.92 Å². The fourth-order valence-corrected chi connectivity index (χ4v) is 1.45. The van der Waals surface area contributed by atoms with Crippen LogP contribution in [0.25, 0.3) is 0 Å². The van der Waals surface area contributed by atoms with Gasteiger partial charge in [-0.05, 0) is 4.70 Å². The molecule has 0 rings (SSSR count). The van der Waals surface area contributed by atoms with Gasteiger partial charge in [0, 0.05) is 24.1 Å². The van der Waals surface area contributed by atoms with Gasteiger partial charge in [-0.25, -0.2) is 0 Å². The summed E-state index contributed by atoms with van der Waals surface area (Å²) in [5.74, 6) is 0.534. The van der Waals surface area contributed by atoms with Crippen molar-refractivity contribution in [2.45, 2.75) is 27.2 Å². The van der Waals surface area contributed by atoms with Crippen molar-refractivity contribution in [3.05, 3.63) is 11.9 Å². The van der Waals surface area contributed by atoms with Crippen LogP contribution in [-0.2, 0) is 0 Å². The first-order valence-corrected chi connectivity index (χ1v) is 5.36. The second kappa shape index (κ2) is 6.57. The van der Waals surface area contributed by atoms with Gasteiger partial charge < -0.3 is 5.32 Å². The maximum atomic E-state index is 3.10. The summed E-state index contributed by atoms with van der Waals surface area (Å²) in [5, 5.41) is 3.10. The summed E-state index contributed by atoms with van der Waals surface area (Å²) in [6.45, 7) is 7.70. The van der Waals surface area contributed by atoms with Crippen molar-refractivity contribution >= 4 is 0 Å². The number of hydrogen-bond acceptors (Lipinski definition) is 1. The van der Waals surface area contributed by atoms with Crippen LogP contribution < -0.4 is 5.32 Å². The van der Waals surface area contributed by atoms with Crippen molar-refractivity contribution in [1.82, 2.24) is 5.32 Å². The lowest BCUT2D eigenvalue weighted by atomic mass is 10.1. The molecule has 0 aliphatic carbocycles. The lowest BCUT2D eigenvalue weighted by Gasteiger charge is -2.03. The molecule has 82 valence electrons. The summed E-state index contributed by atoms with van der Waals surface area (Å²) >= 11 is 0. The summed E-state index contributed by atoms with van der Waals surface area (Å²) < 4.78 is 4.45. The number of rotatable bonds is 5. The molecule has 0 aromatic rings. The molecule has 1 N–H and O–H groups in total. The number of allylic oxidation sites excluding steroid dienone is 1. The lowest BCUT2D eigenvalue weighted by Crippen LogP contribution is -2.24. The second-order valence-corrected chi connectivity index (χ2v) is 3.92. The Morgan fingerprint density at radius 1 is 1.36 bits per heavy atom. The van der Waals surface area contributed by atoms with Crippen LogP contribution in [0.15, 0.2) is 11.9 Å². The van der Waals surface area contributed by atoms with E-state index in [4.69, 9.17) is 0 Å². The molecule has 0 atom stereocenters. The maximum absolute atomic E-state index is 3.10. The molecule has 0 unspecified atom stereocenters. The monoisotopic (exact) mass is 199 g/mol. The molecule has 14 heavy (non-hydrogen) atoms.